The minimum Gasteiger partial charge on any atom is -0.331 e. The van der Waals surface area contributed by atoms with E-state index in [1.807, 2.05) is 45.0 Å². The van der Waals surface area contributed by atoms with Crippen molar-refractivity contribution in [3.8, 4) is 16.1 Å². The number of urea groups is 1. The lowest BCUT2D eigenvalue weighted by atomic mass is 10.1. The molecular weight excluding hydrogens is 596 g/mol. The second-order valence-corrected chi connectivity index (χ2v) is 11.3. The number of aromatic nitrogens is 2. The van der Waals surface area contributed by atoms with Gasteiger partial charge in [-0.1, -0.05) is 57.7 Å². The third-order valence-electron chi connectivity index (χ3n) is 6.74. The van der Waals surface area contributed by atoms with E-state index in [1.54, 1.807) is 56.6 Å². The van der Waals surface area contributed by atoms with Gasteiger partial charge in [0, 0.05) is 36.8 Å². The molecule has 2 aromatic heterocycles. The van der Waals surface area contributed by atoms with Gasteiger partial charge in [0.1, 0.15) is 16.5 Å². The van der Waals surface area contributed by atoms with Crippen LogP contribution in [0, 0.1) is 11.6 Å². The average Bonchev–Trinajstić information content (AvgIpc) is 3.37. The number of hydrogen-bond donors (Lipinski definition) is 1. The van der Waals surface area contributed by atoms with E-state index in [4.69, 9.17) is 0 Å². The maximum Gasteiger partial charge on any atom is 0.337 e. The summed E-state index contributed by atoms with van der Waals surface area (Å²) in [7, 11) is 7.02. The summed E-state index contributed by atoms with van der Waals surface area (Å²) in [6.45, 7) is 3.96. The van der Waals surface area contributed by atoms with E-state index < -0.39 is 29.4 Å². The van der Waals surface area contributed by atoms with Crippen molar-refractivity contribution >= 4 is 33.3 Å². The third kappa shape index (κ3) is 7.21. The molecule has 238 valence electrons. The predicted octanol–water partition coefficient (Wildman–Crippen LogP) is 7.02. The van der Waals surface area contributed by atoms with E-state index in [0.717, 1.165) is 27.1 Å². The molecule has 0 aliphatic rings. The molecule has 5 aromatic rings. The molecule has 0 aliphatic heterocycles. The predicted molar refractivity (Wildman–Crippen MR) is 181 cm³/mol. The summed E-state index contributed by atoms with van der Waals surface area (Å²) in [6, 6.07) is 18.9. The van der Waals surface area contributed by atoms with Gasteiger partial charge in [0.05, 0.1) is 17.6 Å². The van der Waals surface area contributed by atoms with Gasteiger partial charge in [-0.25, -0.2) is 22.9 Å². The van der Waals surface area contributed by atoms with Crippen molar-refractivity contribution in [3.63, 3.8) is 0 Å². The van der Waals surface area contributed by atoms with E-state index in [1.165, 1.54) is 26.9 Å². The SMILES string of the molecule is C.CC.CN(C)Cc1c(-c2ccc(NC(=O)N(C)C)cc2)sc2c1c(=O)n(-c1ccccc1)c(=O)n2Cc1c(F)cccc1F. The fourth-order valence-electron chi connectivity index (χ4n) is 4.69. The first-order valence-corrected chi connectivity index (χ1v) is 14.9. The number of nitrogens with zero attached hydrogens (tertiary/aromatic N) is 4. The molecule has 0 spiro atoms. The highest BCUT2D eigenvalue weighted by atomic mass is 32.1. The first kappa shape index (κ1) is 34.9. The zero-order valence-corrected chi connectivity index (χ0v) is 26.3. The molecule has 0 aliphatic carbocycles. The van der Waals surface area contributed by atoms with Crippen LogP contribution < -0.4 is 16.6 Å². The molecule has 5 rings (SSSR count). The van der Waals surface area contributed by atoms with E-state index in [0.29, 0.717) is 33.7 Å². The summed E-state index contributed by atoms with van der Waals surface area (Å²) in [5, 5.41) is 3.09. The molecule has 1 N–H and O–H groups in total. The number of para-hydroxylation sites is 1. The monoisotopic (exact) mass is 635 g/mol. The Labute approximate surface area is 265 Å². The maximum absolute atomic E-state index is 14.8. The summed E-state index contributed by atoms with van der Waals surface area (Å²) in [6.07, 6.45) is 0. The number of hydrogen-bond acceptors (Lipinski definition) is 5. The van der Waals surface area contributed by atoms with Crippen LogP contribution in [0.2, 0.25) is 0 Å². The van der Waals surface area contributed by atoms with Crippen LogP contribution in [0.15, 0.2) is 82.4 Å². The van der Waals surface area contributed by atoms with Gasteiger partial charge in [0.2, 0.25) is 0 Å². The van der Waals surface area contributed by atoms with E-state index in [-0.39, 0.29) is 19.0 Å². The molecule has 2 amide bonds. The lowest BCUT2D eigenvalue weighted by molar-refractivity contribution is 0.230. The number of fused-ring (bicyclic) bond motifs is 1. The topological polar surface area (TPSA) is 79.6 Å². The molecule has 0 bridgehead atoms. The molecule has 0 radical (unpaired) electrons. The maximum atomic E-state index is 14.8. The molecule has 0 fully saturated rings. The Morgan fingerprint density at radius 3 is 2.00 bits per heavy atom. The number of rotatable bonds is 7. The lowest BCUT2D eigenvalue weighted by Crippen LogP contribution is -2.39. The van der Waals surface area contributed by atoms with Gasteiger partial charge >= 0.3 is 11.7 Å². The summed E-state index contributed by atoms with van der Waals surface area (Å²) >= 11 is 1.22. The van der Waals surface area contributed by atoms with Gasteiger partial charge in [-0.15, -0.1) is 11.3 Å². The van der Waals surface area contributed by atoms with Gasteiger partial charge in [-0.2, -0.15) is 0 Å². The smallest absolute Gasteiger partial charge is 0.331 e. The Kier molecular flexibility index (Phi) is 11.6. The highest BCUT2D eigenvalue weighted by Gasteiger charge is 2.25. The Morgan fingerprint density at radius 1 is 0.844 bits per heavy atom. The molecule has 8 nitrogen and oxygen atoms in total. The summed E-state index contributed by atoms with van der Waals surface area (Å²) < 4.78 is 31.9. The molecule has 3 aromatic carbocycles. The van der Waals surface area contributed by atoms with Crippen LogP contribution in [0.4, 0.5) is 19.3 Å². The van der Waals surface area contributed by atoms with Gasteiger partial charge in [0.25, 0.3) is 5.56 Å². The van der Waals surface area contributed by atoms with Crippen LogP contribution in [-0.2, 0) is 13.1 Å². The minimum atomic E-state index is -0.784. The van der Waals surface area contributed by atoms with Crippen LogP contribution in [-0.4, -0.2) is 53.2 Å². The molecule has 0 saturated carbocycles. The van der Waals surface area contributed by atoms with Crippen molar-refractivity contribution < 1.29 is 13.6 Å². The molecule has 2 heterocycles. The summed E-state index contributed by atoms with van der Waals surface area (Å²) in [5.41, 5.74) is 0.894. The van der Waals surface area contributed by atoms with Gasteiger partial charge in [0.15, 0.2) is 0 Å². The van der Waals surface area contributed by atoms with Crippen LogP contribution in [0.3, 0.4) is 0 Å². The lowest BCUT2D eigenvalue weighted by Gasteiger charge is -2.15. The summed E-state index contributed by atoms with van der Waals surface area (Å²) in [5.74, 6) is -1.57. The average molecular weight is 636 g/mol. The van der Waals surface area contributed by atoms with Gasteiger partial charge in [-0.05, 0) is 61.6 Å². The number of carbonyl (C=O) groups excluding carboxylic acids is 1. The van der Waals surface area contributed by atoms with Crippen molar-refractivity contribution in [1.82, 2.24) is 18.9 Å². The summed E-state index contributed by atoms with van der Waals surface area (Å²) in [4.78, 5) is 44.5. The van der Waals surface area contributed by atoms with Crippen LogP contribution in [0.1, 0.15) is 32.4 Å². The van der Waals surface area contributed by atoms with Crippen molar-refractivity contribution in [2.45, 2.75) is 34.4 Å². The second-order valence-electron chi connectivity index (χ2n) is 10.3. The number of anilines is 1. The van der Waals surface area contributed by atoms with Crippen LogP contribution in [0.25, 0.3) is 26.3 Å². The van der Waals surface area contributed by atoms with E-state index >= 15 is 0 Å². The Bertz CT molecular complexity index is 1880. The van der Waals surface area contributed by atoms with Crippen molar-refractivity contribution in [3.05, 3.63) is 116 Å². The first-order chi connectivity index (χ1) is 21.1. The molecule has 0 saturated heterocycles. The van der Waals surface area contributed by atoms with Crippen LogP contribution in [0.5, 0.6) is 0 Å². The Hall–Kier alpha value is -4.61. The van der Waals surface area contributed by atoms with Crippen molar-refractivity contribution in [2.75, 3.05) is 33.5 Å². The Morgan fingerprint density at radius 2 is 1.44 bits per heavy atom. The molecule has 0 atom stereocenters. The number of carbonyl (C=O) groups is 1. The Balaban J connectivity index is 0.00000180. The molecule has 11 heteroatoms. The normalized spacial score (nSPS) is 10.7. The molecule has 0 unspecified atom stereocenters. The largest absolute Gasteiger partial charge is 0.337 e. The van der Waals surface area contributed by atoms with Crippen molar-refractivity contribution in [1.29, 1.82) is 0 Å². The van der Waals surface area contributed by atoms with Crippen LogP contribution >= 0.6 is 11.3 Å². The highest BCUT2D eigenvalue weighted by Crippen LogP contribution is 2.38. The number of nitrogens with one attached hydrogen (secondary N) is 1. The fourth-order valence-corrected chi connectivity index (χ4v) is 6.00. The standard InChI is InChI=1S/C31H29F2N5O3S.C2H6.CH4/c1-35(2)17-23-26-28(39)38(21-9-6-5-7-10-21)31(41)37(18-22-24(32)11-8-12-25(22)33)29(26)42-27(23)19-13-15-20(16-14-19)34-30(40)36(3)4;1-2;/h5-16H,17-18H2,1-4H3,(H,34,40);1-2H3;1H4. The molecule has 45 heavy (non-hydrogen) atoms. The molecular formula is C34H39F2N5O3S. The zero-order valence-electron chi connectivity index (χ0n) is 25.5. The minimum absolute atomic E-state index is 0. The first-order valence-electron chi connectivity index (χ1n) is 14.1. The third-order valence-corrected chi connectivity index (χ3v) is 8.05. The fraction of sp³-hybridized carbons (Fsp3) is 0.265. The zero-order chi connectivity index (χ0) is 32.1. The van der Waals surface area contributed by atoms with Crippen molar-refractivity contribution in [2.24, 2.45) is 0 Å². The quantitative estimate of drug-likeness (QED) is 0.208. The van der Waals surface area contributed by atoms with E-state index in [2.05, 4.69) is 5.32 Å². The van der Waals surface area contributed by atoms with Gasteiger partial charge < -0.3 is 15.1 Å². The van der Waals surface area contributed by atoms with Gasteiger partial charge in [-0.3, -0.25) is 9.36 Å². The number of halogens is 2. The van der Waals surface area contributed by atoms with E-state index in [9.17, 15) is 23.2 Å². The second kappa shape index (κ2) is 14.9. The highest BCUT2D eigenvalue weighted by molar-refractivity contribution is 7.22. The number of amides is 2. The number of thiophene rings is 1. The number of benzene rings is 3.